The minimum absolute atomic E-state index is 0.271. The number of esters is 1. The molecule has 3 aromatic rings. The van der Waals surface area contributed by atoms with E-state index in [4.69, 9.17) is 9.72 Å². The van der Waals surface area contributed by atoms with Crippen LogP contribution in [0.1, 0.15) is 57.6 Å². The number of carbonyl (C=O) groups excluding carboxylic acids is 2. The number of nitrogens with one attached hydrogen (secondary N) is 1. The van der Waals surface area contributed by atoms with Crippen LogP contribution in [0, 0.1) is 13.8 Å². The Labute approximate surface area is 185 Å². The van der Waals surface area contributed by atoms with Gasteiger partial charge in [-0.2, -0.15) is 0 Å². The van der Waals surface area contributed by atoms with Gasteiger partial charge in [-0.1, -0.05) is 12.1 Å². The Morgan fingerprint density at radius 3 is 2.71 bits per heavy atom. The fourth-order valence-corrected chi connectivity index (χ4v) is 5.23. The van der Waals surface area contributed by atoms with Crippen molar-refractivity contribution in [2.24, 2.45) is 0 Å². The van der Waals surface area contributed by atoms with E-state index >= 15 is 0 Å². The van der Waals surface area contributed by atoms with Crippen molar-refractivity contribution in [2.45, 2.75) is 46.1 Å². The fourth-order valence-electron chi connectivity index (χ4n) is 4.12. The van der Waals surface area contributed by atoms with Crippen molar-refractivity contribution in [2.75, 3.05) is 23.9 Å². The summed E-state index contributed by atoms with van der Waals surface area (Å²) >= 11 is 1.36. The number of aromatic nitrogens is 2. The maximum Gasteiger partial charge on any atom is 0.339 e. The van der Waals surface area contributed by atoms with Gasteiger partial charge in [-0.25, -0.2) is 14.8 Å². The highest BCUT2D eigenvalue weighted by atomic mass is 32.1. The largest absolute Gasteiger partial charge is 0.465 e. The van der Waals surface area contributed by atoms with Crippen molar-refractivity contribution in [3.63, 3.8) is 0 Å². The summed E-state index contributed by atoms with van der Waals surface area (Å²) in [4.78, 5) is 38.3. The highest BCUT2D eigenvalue weighted by Crippen LogP contribution is 2.38. The summed E-state index contributed by atoms with van der Waals surface area (Å²) in [5, 5.41) is 3.82. The van der Waals surface area contributed by atoms with E-state index in [0.29, 0.717) is 28.0 Å². The van der Waals surface area contributed by atoms with Crippen molar-refractivity contribution in [1.29, 1.82) is 0 Å². The smallest absolute Gasteiger partial charge is 0.339 e. The van der Waals surface area contributed by atoms with Crippen LogP contribution in [0.5, 0.6) is 0 Å². The molecule has 7 nitrogen and oxygen atoms in total. The minimum Gasteiger partial charge on any atom is -0.465 e. The summed E-state index contributed by atoms with van der Waals surface area (Å²) in [7, 11) is 1.32. The topological polar surface area (TPSA) is 84.4 Å². The summed E-state index contributed by atoms with van der Waals surface area (Å²) in [6, 6.07) is 7.22. The van der Waals surface area contributed by atoms with E-state index in [1.54, 1.807) is 24.3 Å². The normalized spacial score (nSPS) is 16.4. The Hall–Kier alpha value is -3.00. The molecule has 1 aliphatic heterocycles. The van der Waals surface area contributed by atoms with Crippen molar-refractivity contribution in [3.8, 4) is 0 Å². The Balaban J connectivity index is 1.74. The number of anilines is 2. The molecule has 1 amide bonds. The number of hydrogen-bond donors (Lipinski definition) is 1. The van der Waals surface area contributed by atoms with E-state index in [2.05, 4.69) is 22.1 Å². The first kappa shape index (κ1) is 21.2. The van der Waals surface area contributed by atoms with E-state index in [1.807, 2.05) is 13.8 Å². The lowest BCUT2D eigenvalue weighted by molar-refractivity contribution is 0.0602. The first-order chi connectivity index (χ1) is 14.9. The Bertz CT molecular complexity index is 1160. The van der Waals surface area contributed by atoms with Gasteiger partial charge in [0.25, 0.3) is 5.91 Å². The molecular weight excluding hydrogens is 412 g/mol. The van der Waals surface area contributed by atoms with Gasteiger partial charge in [-0.15, -0.1) is 11.3 Å². The monoisotopic (exact) mass is 438 g/mol. The van der Waals surface area contributed by atoms with Gasteiger partial charge in [0.15, 0.2) is 0 Å². The molecule has 4 rings (SSSR count). The zero-order valence-electron chi connectivity index (χ0n) is 18.2. The molecule has 1 fully saturated rings. The molecule has 0 bridgehead atoms. The van der Waals surface area contributed by atoms with Crippen LogP contribution in [0.2, 0.25) is 0 Å². The van der Waals surface area contributed by atoms with E-state index in [1.165, 1.54) is 24.9 Å². The van der Waals surface area contributed by atoms with Crippen LogP contribution in [0.15, 0.2) is 24.3 Å². The number of fused-ring (bicyclic) bond motifs is 1. The van der Waals surface area contributed by atoms with E-state index in [-0.39, 0.29) is 5.91 Å². The molecule has 31 heavy (non-hydrogen) atoms. The summed E-state index contributed by atoms with van der Waals surface area (Å²) in [5.74, 6) is 0.848. The van der Waals surface area contributed by atoms with E-state index in [9.17, 15) is 9.59 Å². The van der Waals surface area contributed by atoms with E-state index < -0.39 is 5.97 Å². The van der Waals surface area contributed by atoms with Gasteiger partial charge in [0.1, 0.15) is 16.5 Å². The number of methoxy groups -OCH3 is 1. The predicted octanol–water partition coefficient (Wildman–Crippen LogP) is 4.73. The average molecular weight is 439 g/mol. The van der Waals surface area contributed by atoms with Crippen molar-refractivity contribution >= 4 is 44.9 Å². The number of para-hydroxylation sites is 1. The van der Waals surface area contributed by atoms with Crippen LogP contribution in [-0.2, 0) is 4.74 Å². The number of amides is 1. The second-order valence-electron chi connectivity index (χ2n) is 7.86. The molecule has 1 atom stereocenters. The first-order valence-corrected chi connectivity index (χ1v) is 11.3. The van der Waals surface area contributed by atoms with Gasteiger partial charge in [0, 0.05) is 12.6 Å². The highest BCUT2D eigenvalue weighted by molar-refractivity contribution is 7.20. The fraction of sp³-hybridized carbons (Fsp3) is 0.391. The highest BCUT2D eigenvalue weighted by Gasteiger charge is 2.27. The van der Waals surface area contributed by atoms with Crippen LogP contribution in [-0.4, -0.2) is 41.5 Å². The van der Waals surface area contributed by atoms with Gasteiger partial charge < -0.3 is 15.0 Å². The molecule has 1 aromatic carbocycles. The predicted molar refractivity (Wildman–Crippen MR) is 123 cm³/mol. The molecule has 0 aliphatic carbocycles. The van der Waals surface area contributed by atoms with Gasteiger partial charge in [0.2, 0.25) is 0 Å². The molecule has 0 saturated carbocycles. The number of benzene rings is 1. The molecule has 2 aromatic heterocycles. The van der Waals surface area contributed by atoms with Crippen molar-refractivity contribution < 1.29 is 14.3 Å². The number of rotatable bonds is 4. The van der Waals surface area contributed by atoms with Crippen LogP contribution in [0.25, 0.3) is 10.2 Å². The molecule has 1 aliphatic rings. The Morgan fingerprint density at radius 1 is 1.19 bits per heavy atom. The average Bonchev–Trinajstić information content (AvgIpc) is 3.09. The number of aryl methyl sites for hydroxylation is 2. The molecule has 0 spiro atoms. The van der Waals surface area contributed by atoms with Gasteiger partial charge in [-0.05, 0) is 57.7 Å². The standard InChI is InChI=1S/C23H26N4O3S/c1-13-9-7-8-12-27(13)20-18-14(2)19(31-22(18)25-15(3)24-20)21(28)26-17-11-6-5-10-16(17)23(29)30-4/h5-6,10-11,13H,7-9,12H2,1-4H3,(H,26,28)/t13-/m0/s1. The molecule has 0 radical (unpaired) electrons. The Morgan fingerprint density at radius 2 is 1.97 bits per heavy atom. The van der Waals surface area contributed by atoms with Crippen LogP contribution in [0.3, 0.4) is 0 Å². The third kappa shape index (κ3) is 3.99. The molecule has 1 N–H and O–H groups in total. The third-order valence-electron chi connectivity index (χ3n) is 5.74. The maximum absolute atomic E-state index is 13.2. The van der Waals surface area contributed by atoms with Crippen LogP contribution in [0.4, 0.5) is 11.5 Å². The molecular formula is C23H26N4O3S. The second kappa shape index (κ2) is 8.63. The van der Waals surface area contributed by atoms with Gasteiger partial charge >= 0.3 is 5.97 Å². The van der Waals surface area contributed by atoms with Crippen LogP contribution >= 0.6 is 11.3 Å². The quantitative estimate of drug-likeness (QED) is 0.593. The minimum atomic E-state index is -0.494. The molecule has 3 heterocycles. The lowest BCUT2D eigenvalue weighted by Crippen LogP contribution is -2.38. The zero-order chi connectivity index (χ0) is 22.1. The van der Waals surface area contributed by atoms with Crippen LogP contribution < -0.4 is 10.2 Å². The lowest BCUT2D eigenvalue weighted by Gasteiger charge is -2.35. The Kier molecular flexibility index (Phi) is 5.91. The van der Waals surface area contributed by atoms with Crippen molar-refractivity contribution in [3.05, 3.63) is 46.1 Å². The number of carbonyl (C=O) groups is 2. The second-order valence-corrected chi connectivity index (χ2v) is 8.86. The lowest BCUT2D eigenvalue weighted by atomic mass is 10.0. The molecule has 1 saturated heterocycles. The number of piperidine rings is 1. The first-order valence-electron chi connectivity index (χ1n) is 10.4. The van der Waals surface area contributed by atoms with Gasteiger partial charge in [-0.3, -0.25) is 4.79 Å². The van der Waals surface area contributed by atoms with E-state index in [0.717, 1.165) is 41.0 Å². The summed E-state index contributed by atoms with van der Waals surface area (Å²) < 4.78 is 4.83. The number of nitrogens with zero attached hydrogens (tertiary/aromatic N) is 3. The molecule has 8 heteroatoms. The summed E-state index contributed by atoms with van der Waals surface area (Å²) in [6.45, 7) is 7.01. The molecule has 162 valence electrons. The summed E-state index contributed by atoms with van der Waals surface area (Å²) in [6.07, 6.45) is 3.49. The number of thiophene rings is 1. The zero-order valence-corrected chi connectivity index (χ0v) is 19.0. The van der Waals surface area contributed by atoms with Crippen molar-refractivity contribution in [1.82, 2.24) is 9.97 Å². The van der Waals surface area contributed by atoms with Gasteiger partial charge in [0.05, 0.1) is 28.6 Å². The summed E-state index contributed by atoms with van der Waals surface area (Å²) in [5.41, 5.74) is 1.60. The maximum atomic E-state index is 13.2. The number of hydrogen-bond acceptors (Lipinski definition) is 7. The third-order valence-corrected chi connectivity index (χ3v) is 6.93. The SMILES string of the molecule is COC(=O)c1ccccc1NC(=O)c1sc2nc(C)nc(N3CCCC[C@@H]3C)c2c1C. The molecule has 0 unspecified atom stereocenters. The number of ether oxygens (including phenoxy) is 1.